The van der Waals surface area contributed by atoms with Crippen molar-refractivity contribution in [2.75, 3.05) is 11.1 Å². The Balaban J connectivity index is 1.51. The predicted octanol–water partition coefficient (Wildman–Crippen LogP) is 5.92. The summed E-state index contributed by atoms with van der Waals surface area (Å²) in [5, 5.41) is 3.84. The third-order valence-electron chi connectivity index (χ3n) is 4.48. The van der Waals surface area contributed by atoms with E-state index < -0.39 is 0 Å². The lowest BCUT2D eigenvalue weighted by molar-refractivity contribution is -0.113. The van der Waals surface area contributed by atoms with E-state index in [2.05, 4.69) is 17.4 Å². The van der Waals surface area contributed by atoms with Gasteiger partial charge in [-0.2, -0.15) is 0 Å². The van der Waals surface area contributed by atoms with E-state index in [-0.39, 0.29) is 5.91 Å². The number of rotatable bonds is 4. The first kappa shape index (κ1) is 19.2. The van der Waals surface area contributed by atoms with E-state index in [9.17, 15) is 4.79 Å². The van der Waals surface area contributed by atoms with Crippen molar-refractivity contribution in [1.82, 2.24) is 0 Å². The highest BCUT2D eigenvalue weighted by Crippen LogP contribution is 2.33. The first-order chi connectivity index (χ1) is 14.2. The Kier molecular flexibility index (Phi) is 5.86. The van der Waals surface area contributed by atoms with E-state index in [0.717, 1.165) is 38.9 Å². The van der Waals surface area contributed by atoms with Gasteiger partial charge in [-0.1, -0.05) is 54.6 Å². The van der Waals surface area contributed by atoms with Crippen LogP contribution in [-0.2, 0) is 4.79 Å². The molecule has 0 bridgehead atoms. The van der Waals surface area contributed by atoms with E-state index >= 15 is 0 Å². The predicted molar refractivity (Wildman–Crippen MR) is 123 cm³/mol. The van der Waals surface area contributed by atoms with Crippen molar-refractivity contribution in [2.45, 2.75) is 13.3 Å². The van der Waals surface area contributed by atoms with Crippen LogP contribution in [0, 0.1) is 6.92 Å². The molecule has 0 spiro atoms. The molecule has 0 unspecified atom stereocenters. The largest absolute Gasteiger partial charge is 0.325 e. The van der Waals surface area contributed by atoms with Gasteiger partial charge in [-0.15, -0.1) is 11.8 Å². The summed E-state index contributed by atoms with van der Waals surface area (Å²) in [5.74, 6) is 0.260. The first-order valence-corrected chi connectivity index (χ1v) is 10.4. The molecule has 4 nitrogen and oxygen atoms in total. The van der Waals surface area contributed by atoms with Gasteiger partial charge in [-0.25, -0.2) is 4.99 Å². The lowest BCUT2D eigenvalue weighted by atomic mass is 10.1. The summed E-state index contributed by atoms with van der Waals surface area (Å²) in [7, 11) is 0. The van der Waals surface area contributed by atoms with Crippen LogP contribution in [0.3, 0.4) is 0 Å². The molecular formula is C24H21N3OS. The second-order valence-electron chi connectivity index (χ2n) is 6.80. The minimum Gasteiger partial charge on any atom is -0.325 e. The number of aryl methyl sites for hydroxylation is 1. The van der Waals surface area contributed by atoms with Crippen molar-refractivity contribution in [3.63, 3.8) is 0 Å². The number of nitrogens with zero attached hydrogens (tertiary/aromatic N) is 2. The van der Waals surface area contributed by atoms with Gasteiger partial charge in [-0.3, -0.25) is 9.79 Å². The zero-order chi connectivity index (χ0) is 20.1. The van der Waals surface area contributed by atoms with Crippen LogP contribution in [-0.4, -0.2) is 22.4 Å². The van der Waals surface area contributed by atoms with Gasteiger partial charge in [0, 0.05) is 12.1 Å². The quantitative estimate of drug-likeness (QED) is 0.592. The van der Waals surface area contributed by atoms with Crippen molar-refractivity contribution < 1.29 is 4.79 Å². The third kappa shape index (κ3) is 5.00. The molecule has 4 rings (SSSR count). The molecule has 3 aromatic rings. The standard InChI is InChI=1S/C24H21N3OS/c1-17-8-7-11-19(14-17)25-23(28)16-29-24-15-22(18-9-3-2-4-10-18)26-20-12-5-6-13-21(20)27-24/h2-14H,15-16H2,1H3,(H,25,28). The molecule has 144 valence electrons. The smallest absolute Gasteiger partial charge is 0.234 e. The van der Waals surface area contributed by atoms with Crippen LogP contribution in [0.2, 0.25) is 0 Å². The normalized spacial score (nSPS) is 13.0. The Bertz CT molecular complexity index is 1090. The van der Waals surface area contributed by atoms with Gasteiger partial charge in [0.1, 0.15) is 0 Å². The van der Waals surface area contributed by atoms with Gasteiger partial charge in [-0.05, 0) is 42.3 Å². The highest BCUT2D eigenvalue weighted by atomic mass is 32.2. The van der Waals surface area contributed by atoms with Gasteiger partial charge in [0.25, 0.3) is 0 Å². The van der Waals surface area contributed by atoms with Gasteiger partial charge in [0.05, 0.1) is 27.9 Å². The molecule has 0 saturated heterocycles. The van der Waals surface area contributed by atoms with Crippen molar-refractivity contribution in [3.05, 3.63) is 90.0 Å². The monoisotopic (exact) mass is 399 g/mol. The SMILES string of the molecule is Cc1cccc(NC(=O)CSC2=Nc3ccccc3N=C(c3ccccc3)C2)c1. The number of amides is 1. The van der Waals surface area contributed by atoms with Gasteiger partial charge in [0.2, 0.25) is 5.91 Å². The fraction of sp³-hybridized carbons (Fsp3) is 0.125. The molecule has 0 aromatic heterocycles. The van der Waals surface area contributed by atoms with Crippen molar-refractivity contribution in [2.24, 2.45) is 9.98 Å². The van der Waals surface area contributed by atoms with Gasteiger partial charge < -0.3 is 5.32 Å². The minimum absolute atomic E-state index is 0.0426. The average Bonchev–Trinajstić information content (AvgIpc) is 2.92. The first-order valence-electron chi connectivity index (χ1n) is 9.46. The van der Waals surface area contributed by atoms with Gasteiger partial charge >= 0.3 is 0 Å². The van der Waals surface area contributed by atoms with E-state index in [0.29, 0.717) is 12.2 Å². The van der Waals surface area contributed by atoms with Crippen LogP contribution in [0.25, 0.3) is 0 Å². The number of anilines is 1. The molecule has 0 saturated carbocycles. The second-order valence-corrected chi connectivity index (χ2v) is 7.85. The molecule has 3 aromatic carbocycles. The Morgan fingerprint density at radius 1 is 0.931 bits per heavy atom. The highest BCUT2D eigenvalue weighted by molar-refractivity contribution is 8.14. The molecule has 0 radical (unpaired) electrons. The zero-order valence-corrected chi connectivity index (χ0v) is 16.9. The Morgan fingerprint density at radius 2 is 1.66 bits per heavy atom. The molecule has 1 aliphatic heterocycles. The van der Waals surface area contributed by atoms with Crippen LogP contribution in [0.4, 0.5) is 17.1 Å². The fourth-order valence-corrected chi connectivity index (χ4v) is 3.88. The summed E-state index contributed by atoms with van der Waals surface area (Å²) in [6, 6.07) is 25.8. The summed E-state index contributed by atoms with van der Waals surface area (Å²) in [6.45, 7) is 2.01. The lowest BCUT2D eigenvalue weighted by Crippen LogP contribution is -2.16. The summed E-state index contributed by atoms with van der Waals surface area (Å²) < 4.78 is 0. The van der Waals surface area contributed by atoms with E-state index in [1.165, 1.54) is 11.8 Å². The number of hydrogen-bond acceptors (Lipinski definition) is 4. The third-order valence-corrected chi connectivity index (χ3v) is 5.46. The summed E-state index contributed by atoms with van der Waals surface area (Å²) >= 11 is 1.46. The van der Waals surface area contributed by atoms with Crippen molar-refractivity contribution in [3.8, 4) is 0 Å². The number of fused-ring (bicyclic) bond motifs is 1. The molecular weight excluding hydrogens is 378 g/mol. The fourth-order valence-electron chi connectivity index (χ4n) is 3.10. The number of thioether (sulfide) groups is 1. The maximum atomic E-state index is 12.4. The highest BCUT2D eigenvalue weighted by Gasteiger charge is 2.16. The van der Waals surface area contributed by atoms with Crippen LogP contribution in [0.15, 0.2) is 88.8 Å². The van der Waals surface area contributed by atoms with Crippen LogP contribution in [0.5, 0.6) is 0 Å². The van der Waals surface area contributed by atoms with E-state index in [1.54, 1.807) is 0 Å². The molecule has 1 aliphatic rings. The molecule has 0 atom stereocenters. The number of aliphatic imine (C=N–C) groups is 2. The number of nitrogens with one attached hydrogen (secondary N) is 1. The maximum Gasteiger partial charge on any atom is 0.234 e. The topological polar surface area (TPSA) is 53.8 Å². The number of carbonyl (C=O) groups excluding carboxylic acids is 1. The Morgan fingerprint density at radius 3 is 2.41 bits per heavy atom. The molecule has 1 N–H and O–H groups in total. The zero-order valence-electron chi connectivity index (χ0n) is 16.1. The van der Waals surface area contributed by atoms with Gasteiger partial charge in [0.15, 0.2) is 0 Å². The average molecular weight is 400 g/mol. The van der Waals surface area contributed by atoms with E-state index in [4.69, 9.17) is 9.98 Å². The van der Waals surface area contributed by atoms with Crippen LogP contribution < -0.4 is 5.32 Å². The summed E-state index contributed by atoms with van der Waals surface area (Å²) in [5.41, 5.74) is 5.65. The molecule has 29 heavy (non-hydrogen) atoms. The number of benzene rings is 3. The Labute approximate surface area is 174 Å². The van der Waals surface area contributed by atoms with Crippen molar-refractivity contribution >= 4 is 45.5 Å². The van der Waals surface area contributed by atoms with Crippen LogP contribution >= 0.6 is 11.8 Å². The number of carbonyl (C=O) groups is 1. The minimum atomic E-state index is -0.0426. The second kappa shape index (κ2) is 8.88. The maximum absolute atomic E-state index is 12.4. The molecule has 1 amide bonds. The van der Waals surface area contributed by atoms with E-state index in [1.807, 2.05) is 73.7 Å². The lowest BCUT2D eigenvalue weighted by Gasteiger charge is -2.08. The Hall–Kier alpha value is -3.18. The van der Waals surface area contributed by atoms with Crippen molar-refractivity contribution in [1.29, 1.82) is 0 Å². The molecule has 5 heteroatoms. The molecule has 1 heterocycles. The van der Waals surface area contributed by atoms with Crippen LogP contribution in [0.1, 0.15) is 17.5 Å². The number of para-hydroxylation sites is 2. The number of hydrogen-bond donors (Lipinski definition) is 1. The summed E-state index contributed by atoms with van der Waals surface area (Å²) in [6.07, 6.45) is 0.598. The summed E-state index contributed by atoms with van der Waals surface area (Å²) in [4.78, 5) is 22.1. The molecule has 0 aliphatic carbocycles. The molecule has 0 fully saturated rings.